The van der Waals surface area contributed by atoms with Crippen LogP contribution in [0.15, 0.2) is 35.8 Å². The molecule has 6 heteroatoms. The Labute approximate surface area is 165 Å². The van der Waals surface area contributed by atoms with E-state index in [1.54, 1.807) is 6.08 Å². The molecule has 0 unspecified atom stereocenters. The number of hydrogen-bond donors (Lipinski definition) is 1. The summed E-state index contributed by atoms with van der Waals surface area (Å²) >= 11 is 0. The highest BCUT2D eigenvalue weighted by atomic mass is 32.2. The maximum Gasteiger partial charge on any atom is 0.305 e. The van der Waals surface area contributed by atoms with E-state index in [2.05, 4.69) is 28.2 Å². The van der Waals surface area contributed by atoms with E-state index in [-0.39, 0.29) is 22.8 Å². The van der Waals surface area contributed by atoms with Gasteiger partial charge in [-0.05, 0) is 50.0 Å². The molecule has 0 aliphatic heterocycles. The molecule has 1 rings (SSSR count). The fourth-order valence-corrected chi connectivity index (χ4v) is 4.28. The SMILES string of the molecule is C=C(/C=C\C(C)C)S(=O)(=O)N[C@H]1CCCC[C@@H]1C/C=C\CCCC(=O)OC. The van der Waals surface area contributed by atoms with Gasteiger partial charge in [-0.2, -0.15) is 0 Å². The zero-order valence-electron chi connectivity index (χ0n) is 16.9. The highest BCUT2D eigenvalue weighted by molar-refractivity contribution is 7.93. The maximum absolute atomic E-state index is 12.5. The third-order valence-electron chi connectivity index (χ3n) is 4.81. The summed E-state index contributed by atoms with van der Waals surface area (Å²) in [7, 11) is -2.15. The molecule has 0 aromatic carbocycles. The molecule has 0 heterocycles. The van der Waals surface area contributed by atoms with Crippen LogP contribution in [0.25, 0.3) is 0 Å². The smallest absolute Gasteiger partial charge is 0.305 e. The number of sulfonamides is 1. The van der Waals surface area contributed by atoms with Crippen molar-refractivity contribution in [3.8, 4) is 0 Å². The Hall–Kier alpha value is -1.40. The number of hydrogen-bond acceptors (Lipinski definition) is 4. The van der Waals surface area contributed by atoms with Crippen molar-refractivity contribution >= 4 is 16.0 Å². The summed E-state index contributed by atoms with van der Waals surface area (Å²) < 4.78 is 32.6. The summed E-state index contributed by atoms with van der Waals surface area (Å²) in [5.74, 6) is 0.396. The lowest BCUT2D eigenvalue weighted by Crippen LogP contribution is -2.42. The van der Waals surface area contributed by atoms with E-state index >= 15 is 0 Å². The minimum absolute atomic E-state index is 0.0485. The topological polar surface area (TPSA) is 72.5 Å². The summed E-state index contributed by atoms with van der Waals surface area (Å²) in [5.41, 5.74) is 0. The van der Waals surface area contributed by atoms with Gasteiger partial charge in [-0.1, -0.05) is 51.5 Å². The Morgan fingerprint density at radius 1 is 1.26 bits per heavy atom. The molecule has 0 amide bonds. The minimum atomic E-state index is -3.55. The number of carbonyl (C=O) groups is 1. The van der Waals surface area contributed by atoms with Crippen molar-refractivity contribution in [1.29, 1.82) is 0 Å². The lowest BCUT2D eigenvalue weighted by molar-refractivity contribution is -0.140. The van der Waals surface area contributed by atoms with Gasteiger partial charge in [0.15, 0.2) is 0 Å². The summed E-state index contributed by atoms with van der Waals surface area (Å²) in [6.07, 6.45) is 14.6. The number of allylic oxidation sites excluding steroid dienone is 4. The number of unbranched alkanes of at least 4 members (excludes halogenated alkanes) is 1. The van der Waals surface area contributed by atoms with Crippen LogP contribution in [0.2, 0.25) is 0 Å². The number of ether oxygens (including phenoxy) is 1. The molecule has 1 aliphatic carbocycles. The number of methoxy groups -OCH3 is 1. The van der Waals surface area contributed by atoms with E-state index in [0.717, 1.165) is 44.9 Å². The molecule has 0 spiro atoms. The largest absolute Gasteiger partial charge is 0.469 e. The third-order valence-corrected chi connectivity index (χ3v) is 6.25. The fraction of sp³-hybridized carbons (Fsp3) is 0.667. The van der Waals surface area contributed by atoms with Crippen LogP contribution in [0.3, 0.4) is 0 Å². The standard InChI is InChI=1S/C21H35NO4S/c1-17(2)15-16-18(3)27(24,25)22-20-13-10-9-12-19(20)11-7-5-6-8-14-21(23)26-4/h5,7,15-17,19-20,22H,3,6,8-14H2,1-2,4H3/b7-5-,16-15-/t19-,20-/m0/s1. The van der Waals surface area contributed by atoms with Crippen LogP contribution in [0, 0.1) is 11.8 Å². The lowest BCUT2D eigenvalue weighted by Gasteiger charge is -2.31. The van der Waals surface area contributed by atoms with Crippen molar-refractivity contribution in [3.05, 3.63) is 35.8 Å². The molecule has 1 N–H and O–H groups in total. The first-order chi connectivity index (χ1) is 12.8. The van der Waals surface area contributed by atoms with E-state index < -0.39 is 10.0 Å². The number of nitrogens with one attached hydrogen (secondary N) is 1. The third kappa shape index (κ3) is 9.38. The predicted molar refractivity (Wildman–Crippen MR) is 111 cm³/mol. The Morgan fingerprint density at radius 2 is 1.96 bits per heavy atom. The zero-order valence-corrected chi connectivity index (χ0v) is 17.8. The summed E-state index contributed by atoms with van der Waals surface area (Å²) in [4.78, 5) is 11.2. The molecule has 0 radical (unpaired) electrons. The lowest BCUT2D eigenvalue weighted by atomic mass is 9.83. The van der Waals surface area contributed by atoms with Gasteiger partial charge in [0.2, 0.25) is 10.0 Å². The van der Waals surface area contributed by atoms with Gasteiger partial charge in [0.05, 0.1) is 12.0 Å². The first-order valence-electron chi connectivity index (χ1n) is 9.87. The van der Waals surface area contributed by atoms with Crippen molar-refractivity contribution in [1.82, 2.24) is 4.72 Å². The molecule has 27 heavy (non-hydrogen) atoms. The molecule has 1 fully saturated rings. The Kier molecular flexibility index (Phi) is 10.6. The van der Waals surface area contributed by atoms with E-state index in [9.17, 15) is 13.2 Å². The second-order valence-corrected chi connectivity index (χ2v) is 9.28. The van der Waals surface area contributed by atoms with Gasteiger partial charge < -0.3 is 4.74 Å². The molecule has 1 aliphatic rings. The van der Waals surface area contributed by atoms with Gasteiger partial charge in [0, 0.05) is 12.5 Å². The van der Waals surface area contributed by atoms with Gasteiger partial charge in [0.1, 0.15) is 0 Å². The van der Waals surface area contributed by atoms with Gasteiger partial charge in [0.25, 0.3) is 0 Å². The van der Waals surface area contributed by atoms with Crippen LogP contribution in [0.4, 0.5) is 0 Å². The molecular weight excluding hydrogens is 362 g/mol. The first kappa shape index (κ1) is 23.6. The van der Waals surface area contributed by atoms with Crippen LogP contribution in [0.5, 0.6) is 0 Å². The Morgan fingerprint density at radius 3 is 2.63 bits per heavy atom. The van der Waals surface area contributed by atoms with Crippen molar-refractivity contribution in [3.63, 3.8) is 0 Å². The van der Waals surface area contributed by atoms with Gasteiger partial charge in [-0.15, -0.1) is 0 Å². The van der Waals surface area contributed by atoms with E-state index in [1.807, 2.05) is 19.9 Å². The summed E-state index contributed by atoms with van der Waals surface area (Å²) in [6.45, 7) is 7.71. The van der Waals surface area contributed by atoms with Crippen LogP contribution in [-0.2, 0) is 19.6 Å². The highest BCUT2D eigenvalue weighted by Crippen LogP contribution is 2.28. The second-order valence-electron chi connectivity index (χ2n) is 7.52. The van der Waals surface area contributed by atoms with Gasteiger partial charge >= 0.3 is 5.97 Å². The zero-order chi connectivity index (χ0) is 20.3. The average Bonchev–Trinajstić information content (AvgIpc) is 2.63. The molecule has 0 aromatic heterocycles. The van der Waals surface area contributed by atoms with Gasteiger partial charge in [-0.25, -0.2) is 13.1 Å². The number of carbonyl (C=O) groups excluding carboxylic acids is 1. The molecule has 2 atom stereocenters. The van der Waals surface area contributed by atoms with Crippen LogP contribution in [-0.4, -0.2) is 27.5 Å². The molecule has 0 aromatic rings. The van der Waals surface area contributed by atoms with Gasteiger partial charge in [-0.3, -0.25) is 4.79 Å². The Balaban J connectivity index is 2.55. The molecule has 154 valence electrons. The van der Waals surface area contributed by atoms with Crippen LogP contribution >= 0.6 is 0 Å². The fourth-order valence-electron chi connectivity index (χ4n) is 3.16. The van der Waals surface area contributed by atoms with Crippen molar-refractivity contribution in [2.45, 2.75) is 71.3 Å². The molecule has 0 saturated heterocycles. The Bertz CT molecular complexity index is 635. The average molecular weight is 398 g/mol. The van der Waals surface area contributed by atoms with Crippen molar-refractivity contribution in [2.75, 3.05) is 7.11 Å². The molecule has 0 bridgehead atoms. The predicted octanol–water partition coefficient (Wildman–Crippen LogP) is 4.48. The summed E-state index contributed by atoms with van der Waals surface area (Å²) in [5, 5.41) is 0. The van der Waals surface area contributed by atoms with E-state index in [1.165, 1.54) is 7.11 Å². The van der Waals surface area contributed by atoms with Crippen LogP contribution < -0.4 is 4.72 Å². The van der Waals surface area contributed by atoms with Crippen LogP contribution in [0.1, 0.15) is 65.2 Å². The monoisotopic (exact) mass is 397 g/mol. The molecule has 5 nitrogen and oxygen atoms in total. The first-order valence-corrected chi connectivity index (χ1v) is 11.4. The summed E-state index contributed by atoms with van der Waals surface area (Å²) in [6, 6.07) is -0.0485. The van der Waals surface area contributed by atoms with Crippen molar-refractivity contribution < 1.29 is 17.9 Å². The molecule has 1 saturated carbocycles. The minimum Gasteiger partial charge on any atom is -0.469 e. The van der Waals surface area contributed by atoms with E-state index in [4.69, 9.17) is 0 Å². The molecular formula is C21H35NO4S. The highest BCUT2D eigenvalue weighted by Gasteiger charge is 2.28. The van der Waals surface area contributed by atoms with E-state index in [0.29, 0.717) is 12.3 Å². The normalized spacial score (nSPS) is 21.2. The maximum atomic E-state index is 12.5. The quantitative estimate of drug-likeness (QED) is 0.241. The second kappa shape index (κ2) is 12.1. The van der Waals surface area contributed by atoms with Crippen molar-refractivity contribution in [2.24, 2.45) is 11.8 Å². The number of esters is 1. The number of rotatable bonds is 11.